The highest BCUT2D eigenvalue weighted by Gasteiger charge is 2.44. The Balaban J connectivity index is 1.60. The summed E-state index contributed by atoms with van der Waals surface area (Å²) in [6.07, 6.45) is 3.79. The van der Waals surface area contributed by atoms with Gasteiger partial charge >= 0.3 is 0 Å². The van der Waals surface area contributed by atoms with Gasteiger partial charge in [0.15, 0.2) is 0 Å². The molecule has 106 valence electrons. The number of likely N-dealkylation sites (tertiary alicyclic amines) is 2. The van der Waals surface area contributed by atoms with E-state index in [-0.39, 0.29) is 5.91 Å². The Kier molecular flexibility index (Phi) is 3.62. The molecule has 2 heterocycles. The van der Waals surface area contributed by atoms with Crippen molar-refractivity contribution in [2.45, 2.75) is 19.4 Å². The summed E-state index contributed by atoms with van der Waals surface area (Å²) in [7, 11) is 0. The van der Waals surface area contributed by atoms with Gasteiger partial charge in [-0.25, -0.2) is 0 Å². The number of hydrogen-bond acceptors (Lipinski definition) is 2. The van der Waals surface area contributed by atoms with E-state index in [9.17, 15) is 4.79 Å². The minimum absolute atomic E-state index is 0.0865. The van der Waals surface area contributed by atoms with Crippen molar-refractivity contribution in [1.29, 1.82) is 0 Å². The zero-order chi connectivity index (χ0) is 14.0. The van der Waals surface area contributed by atoms with Crippen molar-refractivity contribution in [1.82, 2.24) is 9.80 Å². The number of hydrogen-bond donors (Lipinski definition) is 0. The topological polar surface area (TPSA) is 23.6 Å². The third-order valence-corrected chi connectivity index (χ3v) is 4.69. The van der Waals surface area contributed by atoms with E-state index in [1.165, 1.54) is 18.1 Å². The Hall–Kier alpha value is -1.61. The van der Waals surface area contributed by atoms with Crippen molar-refractivity contribution >= 4 is 5.91 Å². The Morgan fingerprint density at radius 2 is 1.95 bits per heavy atom. The van der Waals surface area contributed by atoms with E-state index in [1.807, 2.05) is 4.90 Å². The predicted octanol–water partition coefficient (Wildman–Crippen LogP) is 2.30. The molecule has 3 rings (SSSR count). The lowest BCUT2D eigenvalue weighted by Crippen LogP contribution is -2.33. The van der Waals surface area contributed by atoms with Gasteiger partial charge in [0.1, 0.15) is 0 Å². The molecule has 0 radical (unpaired) electrons. The molecule has 2 aliphatic rings. The second-order valence-electron chi connectivity index (χ2n) is 6.16. The molecule has 1 unspecified atom stereocenters. The van der Waals surface area contributed by atoms with Crippen molar-refractivity contribution in [3.05, 3.63) is 48.6 Å². The van der Waals surface area contributed by atoms with Crippen LogP contribution in [0.3, 0.4) is 0 Å². The van der Waals surface area contributed by atoms with Crippen LogP contribution in [0, 0.1) is 5.41 Å². The Labute approximate surface area is 120 Å². The summed E-state index contributed by atoms with van der Waals surface area (Å²) >= 11 is 0. The summed E-state index contributed by atoms with van der Waals surface area (Å²) in [5.74, 6) is 0.0865. The maximum absolute atomic E-state index is 11.7. The first-order valence-electron chi connectivity index (χ1n) is 7.38. The molecule has 0 aliphatic carbocycles. The van der Waals surface area contributed by atoms with Gasteiger partial charge in [-0.2, -0.15) is 0 Å². The molecular weight excluding hydrogens is 248 g/mol. The summed E-state index contributed by atoms with van der Waals surface area (Å²) in [4.78, 5) is 16.2. The van der Waals surface area contributed by atoms with Crippen LogP contribution in [-0.4, -0.2) is 41.9 Å². The molecule has 0 aromatic heterocycles. The fourth-order valence-corrected chi connectivity index (χ4v) is 3.59. The molecule has 1 atom stereocenters. The molecule has 0 N–H and O–H groups in total. The van der Waals surface area contributed by atoms with Crippen LogP contribution in [0.1, 0.15) is 18.4 Å². The van der Waals surface area contributed by atoms with Gasteiger partial charge in [-0.3, -0.25) is 9.69 Å². The zero-order valence-corrected chi connectivity index (χ0v) is 11.9. The molecule has 1 aromatic rings. The van der Waals surface area contributed by atoms with E-state index in [0.717, 1.165) is 39.1 Å². The van der Waals surface area contributed by atoms with Gasteiger partial charge in [0.05, 0.1) is 0 Å². The predicted molar refractivity (Wildman–Crippen MR) is 80.2 cm³/mol. The van der Waals surface area contributed by atoms with Gasteiger partial charge in [0.2, 0.25) is 5.91 Å². The Morgan fingerprint density at radius 3 is 2.70 bits per heavy atom. The molecule has 0 bridgehead atoms. The van der Waals surface area contributed by atoms with Crippen molar-refractivity contribution in [2.24, 2.45) is 5.41 Å². The highest BCUT2D eigenvalue weighted by Crippen LogP contribution is 2.39. The number of benzene rings is 1. The summed E-state index contributed by atoms with van der Waals surface area (Å²) in [6.45, 7) is 8.67. The monoisotopic (exact) mass is 270 g/mol. The molecule has 3 heteroatoms. The van der Waals surface area contributed by atoms with E-state index in [2.05, 4.69) is 41.8 Å². The van der Waals surface area contributed by atoms with Crippen molar-refractivity contribution in [3.63, 3.8) is 0 Å². The second kappa shape index (κ2) is 5.41. The lowest BCUT2D eigenvalue weighted by atomic mass is 9.86. The van der Waals surface area contributed by atoms with E-state index in [0.29, 0.717) is 5.41 Å². The first-order valence-corrected chi connectivity index (χ1v) is 7.38. The van der Waals surface area contributed by atoms with Gasteiger partial charge in [-0.1, -0.05) is 36.9 Å². The highest BCUT2D eigenvalue weighted by atomic mass is 16.2. The largest absolute Gasteiger partial charge is 0.339 e. The molecule has 20 heavy (non-hydrogen) atoms. The molecule has 1 spiro atoms. The Morgan fingerprint density at radius 1 is 1.20 bits per heavy atom. The maximum atomic E-state index is 11.7. The van der Waals surface area contributed by atoms with Gasteiger partial charge in [-0.15, -0.1) is 0 Å². The van der Waals surface area contributed by atoms with Crippen LogP contribution < -0.4 is 0 Å². The summed E-state index contributed by atoms with van der Waals surface area (Å²) in [5.41, 5.74) is 1.70. The molecule has 2 aliphatic heterocycles. The second-order valence-corrected chi connectivity index (χ2v) is 6.16. The lowest BCUT2D eigenvalue weighted by Gasteiger charge is -2.24. The van der Waals surface area contributed by atoms with E-state index >= 15 is 0 Å². The average molecular weight is 270 g/mol. The quantitative estimate of drug-likeness (QED) is 0.787. The van der Waals surface area contributed by atoms with Crippen LogP contribution in [-0.2, 0) is 11.3 Å². The molecule has 0 saturated carbocycles. The minimum Gasteiger partial charge on any atom is -0.339 e. The number of carbonyl (C=O) groups is 1. The lowest BCUT2D eigenvalue weighted by molar-refractivity contribution is -0.125. The van der Waals surface area contributed by atoms with Crippen LogP contribution in [0.2, 0.25) is 0 Å². The van der Waals surface area contributed by atoms with Crippen LogP contribution >= 0.6 is 0 Å². The van der Waals surface area contributed by atoms with Crippen molar-refractivity contribution in [2.75, 3.05) is 26.2 Å². The summed E-state index contributed by atoms with van der Waals surface area (Å²) in [6, 6.07) is 10.6. The molecular formula is C17H22N2O. The number of nitrogens with zero attached hydrogens (tertiary/aromatic N) is 2. The first-order chi connectivity index (χ1) is 9.71. The SMILES string of the molecule is C=CC(=O)N1CCC2(CCN(Cc3ccccc3)C2)C1. The van der Waals surface area contributed by atoms with Crippen LogP contribution in [0.25, 0.3) is 0 Å². The van der Waals surface area contributed by atoms with E-state index in [1.54, 1.807) is 0 Å². The van der Waals surface area contributed by atoms with Gasteiger partial charge in [-0.05, 0) is 31.0 Å². The first kappa shape index (κ1) is 13.4. The van der Waals surface area contributed by atoms with Gasteiger partial charge < -0.3 is 4.90 Å². The van der Waals surface area contributed by atoms with Crippen LogP contribution in [0.5, 0.6) is 0 Å². The normalized spacial score (nSPS) is 26.3. The summed E-state index contributed by atoms with van der Waals surface area (Å²) in [5, 5.41) is 0. The van der Waals surface area contributed by atoms with Crippen molar-refractivity contribution < 1.29 is 4.79 Å². The molecule has 1 aromatic carbocycles. The highest BCUT2D eigenvalue weighted by molar-refractivity contribution is 5.87. The molecule has 3 nitrogen and oxygen atoms in total. The molecule has 1 amide bonds. The van der Waals surface area contributed by atoms with Crippen molar-refractivity contribution in [3.8, 4) is 0 Å². The standard InChI is InChI=1S/C17H22N2O/c1-2-16(20)19-11-9-17(14-19)8-10-18(13-17)12-15-6-4-3-5-7-15/h2-7H,1,8-14H2. The number of carbonyl (C=O) groups excluding carboxylic acids is 1. The van der Waals surface area contributed by atoms with Gasteiger partial charge in [0, 0.05) is 31.6 Å². The van der Waals surface area contributed by atoms with Crippen LogP contribution in [0.4, 0.5) is 0 Å². The number of rotatable bonds is 3. The molecule has 2 fully saturated rings. The fourth-order valence-electron chi connectivity index (χ4n) is 3.59. The maximum Gasteiger partial charge on any atom is 0.245 e. The summed E-state index contributed by atoms with van der Waals surface area (Å²) < 4.78 is 0. The average Bonchev–Trinajstić information content (AvgIpc) is 3.07. The fraction of sp³-hybridized carbons (Fsp3) is 0.471. The van der Waals surface area contributed by atoms with Gasteiger partial charge in [0.25, 0.3) is 0 Å². The third-order valence-electron chi connectivity index (χ3n) is 4.69. The van der Waals surface area contributed by atoms with E-state index < -0.39 is 0 Å². The smallest absolute Gasteiger partial charge is 0.245 e. The third kappa shape index (κ3) is 2.63. The molecule has 2 saturated heterocycles. The van der Waals surface area contributed by atoms with E-state index in [4.69, 9.17) is 0 Å². The minimum atomic E-state index is 0.0865. The zero-order valence-electron chi connectivity index (χ0n) is 11.9. The number of amides is 1. The van der Waals surface area contributed by atoms with Crippen LogP contribution in [0.15, 0.2) is 43.0 Å². The Bertz CT molecular complexity index is 499.